The molecule has 0 atom stereocenters. The molecule has 1 aromatic heterocycles. The number of nitrogens with two attached hydrogens (primary N) is 1. The molecule has 80 valence electrons. The van der Waals surface area contributed by atoms with Crippen molar-refractivity contribution < 1.29 is 4.74 Å². The molecule has 2 N–H and O–H groups in total. The summed E-state index contributed by atoms with van der Waals surface area (Å²) in [5.74, 6) is 0.859. The van der Waals surface area contributed by atoms with Crippen LogP contribution < -0.4 is 10.5 Å². The summed E-state index contributed by atoms with van der Waals surface area (Å²) in [4.78, 5) is 0. The lowest BCUT2D eigenvalue weighted by Gasteiger charge is -2.00. The molecule has 2 aromatic rings. The van der Waals surface area contributed by atoms with Crippen molar-refractivity contribution in [3.05, 3.63) is 23.9 Å². The SMILES string of the molecule is COc1ccc2nn(CCN)c(C)c2c1. The van der Waals surface area contributed by atoms with Crippen LogP contribution in [0.2, 0.25) is 0 Å². The Labute approximate surface area is 88.6 Å². The molecule has 0 amide bonds. The fourth-order valence-electron chi connectivity index (χ4n) is 1.70. The van der Waals surface area contributed by atoms with Crippen molar-refractivity contribution in [3.63, 3.8) is 0 Å². The largest absolute Gasteiger partial charge is 0.497 e. The predicted octanol–water partition coefficient (Wildman–Crippen LogP) is 1.31. The fourth-order valence-corrected chi connectivity index (χ4v) is 1.70. The van der Waals surface area contributed by atoms with E-state index in [0.717, 1.165) is 28.9 Å². The molecule has 0 unspecified atom stereocenters. The van der Waals surface area contributed by atoms with Crippen LogP contribution in [0.15, 0.2) is 18.2 Å². The van der Waals surface area contributed by atoms with E-state index < -0.39 is 0 Å². The van der Waals surface area contributed by atoms with E-state index in [1.165, 1.54) is 0 Å². The molecule has 0 bridgehead atoms. The third kappa shape index (κ3) is 1.68. The van der Waals surface area contributed by atoms with Crippen LogP contribution in [0.3, 0.4) is 0 Å². The monoisotopic (exact) mass is 205 g/mol. The zero-order valence-corrected chi connectivity index (χ0v) is 9.03. The molecular weight excluding hydrogens is 190 g/mol. The second-order valence-electron chi connectivity index (χ2n) is 3.48. The number of aryl methyl sites for hydroxylation is 1. The summed E-state index contributed by atoms with van der Waals surface area (Å²) in [5, 5.41) is 5.59. The lowest BCUT2D eigenvalue weighted by molar-refractivity contribution is 0.415. The number of hydrogen-bond acceptors (Lipinski definition) is 3. The van der Waals surface area contributed by atoms with Crippen molar-refractivity contribution in [3.8, 4) is 5.75 Å². The van der Waals surface area contributed by atoms with E-state index in [1.54, 1.807) is 7.11 Å². The van der Waals surface area contributed by atoms with E-state index >= 15 is 0 Å². The smallest absolute Gasteiger partial charge is 0.119 e. The van der Waals surface area contributed by atoms with Crippen LogP contribution in [0.1, 0.15) is 5.69 Å². The summed E-state index contributed by atoms with van der Waals surface area (Å²) >= 11 is 0. The minimum absolute atomic E-state index is 0.603. The number of aromatic nitrogens is 2. The molecule has 0 spiro atoms. The van der Waals surface area contributed by atoms with Gasteiger partial charge in [0.15, 0.2) is 0 Å². The van der Waals surface area contributed by atoms with E-state index in [9.17, 15) is 0 Å². The van der Waals surface area contributed by atoms with E-state index in [4.69, 9.17) is 10.5 Å². The first-order chi connectivity index (χ1) is 7.26. The van der Waals surface area contributed by atoms with Crippen molar-refractivity contribution in [2.45, 2.75) is 13.5 Å². The van der Waals surface area contributed by atoms with Gasteiger partial charge in [-0.05, 0) is 25.1 Å². The normalized spacial score (nSPS) is 10.9. The predicted molar refractivity (Wildman–Crippen MR) is 60.1 cm³/mol. The Balaban J connectivity index is 2.56. The summed E-state index contributed by atoms with van der Waals surface area (Å²) in [7, 11) is 1.67. The van der Waals surface area contributed by atoms with Gasteiger partial charge in [0.2, 0.25) is 0 Å². The van der Waals surface area contributed by atoms with Crippen LogP contribution >= 0.6 is 0 Å². The maximum absolute atomic E-state index is 5.52. The zero-order chi connectivity index (χ0) is 10.8. The molecular formula is C11H15N3O. The van der Waals surface area contributed by atoms with Gasteiger partial charge in [0.1, 0.15) is 5.75 Å². The molecule has 0 aliphatic rings. The van der Waals surface area contributed by atoms with Crippen LogP contribution in [0.4, 0.5) is 0 Å². The highest BCUT2D eigenvalue weighted by molar-refractivity contribution is 5.82. The van der Waals surface area contributed by atoms with Crippen molar-refractivity contribution >= 4 is 10.9 Å². The Kier molecular flexibility index (Phi) is 2.60. The van der Waals surface area contributed by atoms with Gasteiger partial charge in [0.05, 0.1) is 19.2 Å². The van der Waals surface area contributed by atoms with E-state index in [1.807, 2.05) is 29.8 Å². The molecule has 0 aliphatic heterocycles. The fraction of sp³-hybridized carbons (Fsp3) is 0.364. The highest BCUT2D eigenvalue weighted by Gasteiger charge is 2.07. The lowest BCUT2D eigenvalue weighted by atomic mass is 10.2. The molecule has 4 heteroatoms. The molecule has 0 saturated carbocycles. The Hall–Kier alpha value is -1.55. The minimum Gasteiger partial charge on any atom is -0.497 e. The minimum atomic E-state index is 0.603. The summed E-state index contributed by atoms with van der Waals surface area (Å²) in [6, 6.07) is 5.89. The van der Waals surface area contributed by atoms with Crippen molar-refractivity contribution in [1.82, 2.24) is 9.78 Å². The summed E-state index contributed by atoms with van der Waals surface area (Å²) in [5.41, 5.74) is 7.64. The zero-order valence-electron chi connectivity index (χ0n) is 9.03. The maximum atomic E-state index is 5.52. The van der Waals surface area contributed by atoms with Gasteiger partial charge >= 0.3 is 0 Å². The van der Waals surface area contributed by atoms with E-state index in [2.05, 4.69) is 5.10 Å². The van der Waals surface area contributed by atoms with Crippen LogP contribution in [-0.2, 0) is 6.54 Å². The molecule has 0 radical (unpaired) electrons. The van der Waals surface area contributed by atoms with Gasteiger partial charge in [-0.3, -0.25) is 4.68 Å². The van der Waals surface area contributed by atoms with Crippen molar-refractivity contribution in [1.29, 1.82) is 0 Å². The molecule has 1 heterocycles. The van der Waals surface area contributed by atoms with Crippen LogP contribution in [-0.4, -0.2) is 23.4 Å². The average Bonchev–Trinajstić information content (AvgIpc) is 2.56. The Morgan fingerprint density at radius 1 is 1.47 bits per heavy atom. The summed E-state index contributed by atoms with van der Waals surface area (Å²) in [6.45, 7) is 3.40. The molecule has 1 aromatic carbocycles. The first kappa shape index (κ1) is 9.98. The number of rotatable bonds is 3. The van der Waals surface area contributed by atoms with Gasteiger partial charge in [0, 0.05) is 17.6 Å². The van der Waals surface area contributed by atoms with Gasteiger partial charge in [-0.15, -0.1) is 0 Å². The van der Waals surface area contributed by atoms with Crippen molar-refractivity contribution in [2.24, 2.45) is 5.73 Å². The summed E-state index contributed by atoms with van der Waals surface area (Å²) in [6.07, 6.45) is 0. The van der Waals surface area contributed by atoms with Crippen molar-refractivity contribution in [2.75, 3.05) is 13.7 Å². The molecule has 0 aliphatic carbocycles. The second-order valence-corrected chi connectivity index (χ2v) is 3.48. The Morgan fingerprint density at radius 2 is 2.27 bits per heavy atom. The van der Waals surface area contributed by atoms with Gasteiger partial charge in [-0.25, -0.2) is 0 Å². The number of fused-ring (bicyclic) bond motifs is 1. The first-order valence-electron chi connectivity index (χ1n) is 4.97. The number of benzene rings is 1. The molecule has 0 fully saturated rings. The second kappa shape index (κ2) is 3.90. The first-order valence-corrected chi connectivity index (χ1v) is 4.97. The maximum Gasteiger partial charge on any atom is 0.119 e. The van der Waals surface area contributed by atoms with Crippen LogP contribution in [0.5, 0.6) is 5.75 Å². The van der Waals surface area contributed by atoms with Gasteiger partial charge in [0.25, 0.3) is 0 Å². The number of hydrogen-bond donors (Lipinski definition) is 1. The van der Waals surface area contributed by atoms with Gasteiger partial charge in [-0.1, -0.05) is 0 Å². The third-order valence-electron chi connectivity index (χ3n) is 2.55. The topological polar surface area (TPSA) is 53.1 Å². The van der Waals surface area contributed by atoms with E-state index in [0.29, 0.717) is 6.54 Å². The molecule has 0 saturated heterocycles. The number of nitrogens with zero attached hydrogens (tertiary/aromatic N) is 2. The Morgan fingerprint density at radius 3 is 2.93 bits per heavy atom. The van der Waals surface area contributed by atoms with E-state index in [-0.39, 0.29) is 0 Å². The average molecular weight is 205 g/mol. The van der Waals surface area contributed by atoms with Gasteiger partial charge < -0.3 is 10.5 Å². The number of methoxy groups -OCH3 is 1. The number of ether oxygens (including phenoxy) is 1. The highest BCUT2D eigenvalue weighted by Crippen LogP contribution is 2.22. The molecule has 4 nitrogen and oxygen atoms in total. The molecule has 15 heavy (non-hydrogen) atoms. The van der Waals surface area contributed by atoms with Crippen LogP contribution in [0, 0.1) is 6.92 Å². The quantitative estimate of drug-likeness (QED) is 0.822. The third-order valence-corrected chi connectivity index (χ3v) is 2.55. The molecule has 2 rings (SSSR count). The van der Waals surface area contributed by atoms with Crippen LogP contribution in [0.25, 0.3) is 10.9 Å². The lowest BCUT2D eigenvalue weighted by Crippen LogP contribution is -2.11. The standard InChI is InChI=1S/C11H15N3O/c1-8-10-7-9(15-2)3-4-11(10)13-14(8)6-5-12/h3-4,7H,5-6,12H2,1-2H3. The summed E-state index contributed by atoms with van der Waals surface area (Å²) < 4.78 is 7.12. The van der Waals surface area contributed by atoms with Gasteiger partial charge in [-0.2, -0.15) is 5.10 Å². The Bertz CT molecular complexity index is 476. The highest BCUT2D eigenvalue weighted by atomic mass is 16.5.